The quantitative estimate of drug-likeness (QED) is 0.558. The Labute approximate surface area is 96.0 Å². The highest BCUT2D eigenvalue weighted by Crippen LogP contribution is 2.33. The molecule has 0 fully saturated rings. The van der Waals surface area contributed by atoms with Crippen molar-refractivity contribution >= 4 is 17.7 Å². The van der Waals surface area contributed by atoms with E-state index in [1.165, 1.54) is 6.34 Å². The summed E-state index contributed by atoms with van der Waals surface area (Å²) < 4.78 is -0.515. The topological polar surface area (TPSA) is 38.7 Å². The molecule has 1 heterocycles. The van der Waals surface area contributed by atoms with E-state index in [0.717, 1.165) is 5.69 Å². The fourth-order valence-corrected chi connectivity index (χ4v) is 1.86. The predicted octanol–water partition coefficient (Wildman–Crippen LogP) is 1.66. The minimum atomic E-state index is -0.515. The summed E-state index contributed by atoms with van der Waals surface area (Å²) in [6.45, 7) is 6.77. The van der Waals surface area contributed by atoms with E-state index < -0.39 is 4.65 Å². The van der Waals surface area contributed by atoms with Gasteiger partial charge in [-0.25, -0.2) is 4.99 Å². The Morgan fingerprint density at radius 2 is 2.19 bits per heavy atom. The number of rotatable bonds is 2. The second-order valence-electron chi connectivity index (χ2n) is 4.18. The molecule has 4 heteroatoms. The van der Waals surface area contributed by atoms with Crippen molar-refractivity contribution in [3.8, 4) is 0 Å². The van der Waals surface area contributed by atoms with Gasteiger partial charge in [-0.3, -0.25) is 4.65 Å². The Hall–Kier alpha value is -1.39. The van der Waals surface area contributed by atoms with Gasteiger partial charge in [-0.2, -0.15) is 0 Å². The number of quaternary nitrogens is 1. The van der Waals surface area contributed by atoms with Crippen LogP contribution >= 0.6 is 0 Å². The lowest BCUT2D eigenvalue weighted by Crippen LogP contribution is -2.40. The van der Waals surface area contributed by atoms with Crippen molar-refractivity contribution in [2.45, 2.75) is 0 Å². The molecule has 0 aromatic heterocycles. The van der Waals surface area contributed by atoms with Gasteiger partial charge in [0, 0.05) is 20.2 Å². The monoisotopic (exact) mass is 217 g/mol. The molecule has 4 nitrogen and oxygen atoms in total. The normalized spacial score (nSPS) is 23.8. The molecule has 2 rings (SSSR count). The fourth-order valence-electron chi connectivity index (χ4n) is 1.86. The molecule has 1 aromatic carbocycles. The molecular formula is C12H15N3O. The Morgan fingerprint density at radius 3 is 2.75 bits per heavy atom. The van der Waals surface area contributed by atoms with Crippen LogP contribution in [0.25, 0.3) is 0 Å². The molecule has 1 aliphatic heterocycles. The van der Waals surface area contributed by atoms with E-state index in [-0.39, 0.29) is 0 Å². The van der Waals surface area contributed by atoms with Crippen LogP contribution in [0.15, 0.2) is 23.2 Å². The first-order valence-electron chi connectivity index (χ1n) is 5.20. The smallest absolute Gasteiger partial charge is 0.190 e. The Kier molecular flexibility index (Phi) is 2.69. The van der Waals surface area contributed by atoms with Crippen molar-refractivity contribution in [2.75, 3.05) is 32.1 Å². The Morgan fingerprint density at radius 1 is 1.44 bits per heavy atom. The van der Waals surface area contributed by atoms with Crippen LogP contribution in [0.5, 0.6) is 0 Å². The molecule has 0 amide bonds. The molecule has 0 saturated heterocycles. The van der Waals surface area contributed by atoms with Gasteiger partial charge < -0.3 is 10.1 Å². The van der Waals surface area contributed by atoms with E-state index in [0.29, 0.717) is 24.3 Å². The zero-order chi connectivity index (χ0) is 11.8. The SMILES string of the molecule is [CH]c1ccc(N(C)C)c([N+]2([O-])C=NCC2)c1. The highest BCUT2D eigenvalue weighted by molar-refractivity contribution is 5.84. The van der Waals surface area contributed by atoms with Crippen molar-refractivity contribution < 1.29 is 0 Å². The average molecular weight is 217 g/mol. The van der Waals surface area contributed by atoms with Gasteiger partial charge in [0.15, 0.2) is 12.0 Å². The van der Waals surface area contributed by atoms with Gasteiger partial charge in [0.25, 0.3) is 0 Å². The number of hydrogen-bond donors (Lipinski definition) is 0. The maximum absolute atomic E-state index is 12.5. The summed E-state index contributed by atoms with van der Waals surface area (Å²) in [6.07, 6.45) is 1.45. The lowest BCUT2D eigenvalue weighted by molar-refractivity contribution is 0.600. The van der Waals surface area contributed by atoms with Crippen molar-refractivity contribution in [3.05, 3.63) is 35.9 Å². The van der Waals surface area contributed by atoms with Crippen LogP contribution in [0.1, 0.15) is 5.56 Å². The molecule has 84 valence electrons. The number of aliphatic imine (C=N–C) groups is 1. The summed E-state index contributed by atoms with van der Waals surface area (Å²) in [5, 5.41) is 12.5. The van der Waals surface area contributed by atoms with E-state index in [4.69, 9.17) is 6.92 Å². The zero-order valence-corrected chi connectivity index (χ0v) is 9.55. The molecule has 1 aromatic rings. The second-order valence-corrected chi connectivity index (χ2v) is 4.18. The van der Waals surface area contributed by atoms with Gasteiger partial charge in [-0.05, 0) is 18.6 Å². The van der Waals surface area contributed by atoms with Crippen LogP contribution in [0.3, 0.4) is 0 Å². The second kappa shape index (κ2) is 3.88. The lowest BCUT2D eigenvalue weighted by Gasteiger charge is -2.36. The number of hydrogen-bond acceptors (Lipinski definition) is 3. The van der Waals surface area contributed by atoms with Crippen molar-refractivity contribution in [1.29, 1.82) is 0 Å². The van der Waals surface area contributed by atoms with Crippen LogP contribution in [-0.4, -0.2) is 33.5 Å². The lowest BCUT2D eigenvalue weighted by atomic mass is 10.1. The highest BCUT2D eigenvalue weighted by Gasteiger charge is 2.26. The van der Waals surface area contributed by atoms with E-state index in [9.17, 15) is 5.21 Å². The Balaban J connectivity index is 2.53. The van der Waals surface area contributed by atoms with Gasteiger partial charge in [0.2, 0.25) is 0 Å². The number of hydroxylamine groups is 2. The van der Waals surface area contributed by atoms with Crippen molar-refractivity contribution in [2.24, 2.45) is 4.99 Å². The molecule has 0 aliphatic carbocycles. The van der Waals surface area contributed by atoms with Crippen LogP contribution in [0.2, 0.25) is 0 Å². The first kappa shape index (κ1) is 11.1. The zero-order valence-electron chi connectivity index (χ0n) is 9.55. The summed E-state index contributed by atoms with van der Waals surface area (Å²) in [6, 6.07) is 5.41. The largest absolute Gasteiger partial charge is 0.621 e. The van der Waals surface area contributed by atoms with E-state index in [2.05, 4.69) is 4.99 Å². The van der Waals surface area contributed by atoms with Crippen molar-refractivity contribution in [1.82, 2.24) is 4.65 Å². The van der Waals surface area contributed by atoms with Gasteiger partial charge in [0.1, 0.15) is 6.54 Å². The summed E-state index contributed by atoms with van der Waals surface area (Å²) in [5.41, 5.74) is 2.15. The number of benzene rings is 1. The standard InChI is InChI=1S/C12H15N3O/c1-10-4-5-11(14(2)3)12(8-10)15(16)7-6-13-9-15/h1,4-5,8-9H,6-7H2,2-3H3. The van der Waals surface area contributed by atoms with Gasteiger partial charge in [-0.15, -0.1) is 0 Å². The molecule has 0 saturated carbocycles. The molecule has 16 heavy (non-hydrogen) atoms. The molecule has 1 aliphatic rings. The van der Waals surface area contributed by atoms with E-state index in [1.807, 2.05) is 25.1 Å². The first-order valence-corrected chi connectivity index (χ1v) is 5.20. The van der Waals surface area contributed by atoms with Crippen molar-refractivity contribution in [3.63, 3.8) is 0 Å². The summed E-state index contributed by atoms with van der Waals surface area (Å²) in [4.78, 5) is 5.93. The molecule has 2 radical (unpaired) electrons. The van der Waals surface area contributed by atoms with Gasteiger partial charge in [-0.1, -0.05) is 6.07 Å². The number of anilines is 1. The Bertz CT molecular complexity index is 428. The number of nitrogens with zero attached hydrogens (tertiary/aromatic N) is 3. The molecule has 0 bridgehead atoms. The minimum Gasteiger partial charge on any atom is -0.621 e. The van der Waals surface area contributed by atoms with Crippen LogP contribution < -0.4 is 9.55 Å². The summed E-state index contributed by atoms with van der Waals surface area (Å²) in [5.74, 6) is 0. The van der Waals surface area contributed by atoms with Gasteiger partial charge >= 0.3 is 0 Å². The summed E-state index contributed by atoms with van der Waals surface area (Å²) >= 11 is 0. The minimum absolute atomic E-state index is 0.449. The molecule has 0 N–H and O–H groups in total. The predicted molar refractivity (Wildman–Crippen MR) is 67.6 cm³/mol. The van der Waals surface area contributed by atoms with E-state index in [1.54, 1.807) is 12.1 Å². The third kappa shape index (κ3) is 1.81. The van der Waals surface area contributed by atoms with E-state index >= 15 is 0 Å². The van der Waals surface area contributed by atoms with Gasteiger partial charge in [0.05, 0.1) is 12.2 Å². The maximum Gasteiger partial charge on any atom is 0.190 e. The van der Waals surface area contributed by atoms with Crippen LogP contribution in [0.4, 0.5) is 11.4 Å². The third-order valence-corrected chi connectivity index (χ3v) is 2.72. The molecular weight excluding hydrogens is 202 g/mol. The maximum atomic E-state index is 12.5. The third-order valence-electron chi connectivity index (χ3n) is 2.72. The molecule has 1 unspecified atom stereocenters. The summed E-state index contributed by atoms with van der Waals surface area (Å²) in [7, 11) is 3.82. The average Bonchev–Trinajstić information content (AvgIpc) is 2.66. The van der Waals surface area contributed by atoms with Crippen LogP contribution in [-0.2, 0) is 0 Å². The molecule has 0 spiro atoms. The first-order chi connectivity index (χ1) is 7.53. The molecule has 1 atom stereocenters. The highest BCUT2D eigenvalue weighted by atomic mass is 16.5. The fraction of sp³-hybridized carbons (Fsp3) is 0.333. The van der Waals surface area contributed by atoms with Crippen LogP contribution in [0, 0.1) is 12.1 Å².